The number of nitrogens with one attached hydrogen (secondary N) is 1. The molecule has 0 bridgehead atoms. The summed E-state index contributed by atoms with van der Waals surface area (Å²) in [6, 6.07) is 15.3. The number of anilines is 1. The van der Waals surface area contributed by atoms with Gasteiger partial charge in [-0.1, -0.05) is 35.4 Å². The third-order valence-electron chi connectivity index (χ3n) is 2.77. The summed E-state index contributed by atoms with van der Waals surface area (Å²) in [5, 5.41) is 13.1. The summed E-state index contributed by atoms with van der Waals surface area (Å²) in [7, 11) is 0. The fourth-order valence-electron chi connectivity index (χ4n) is 1.70. The third kappa shape index (κ3) is 3.50. The first kappa shape index (κ1) is 13.9. The first-order chi connectivity index (χ1) is 9.10. The summed E-state index contributed by atoms with van der Waals surface area (Å²) < 4.78 is 0.824. The lowest BCUT2D eigenvalue weighted by Crippen LogP contribution is -2.08. The molecule has 96 valence electrons. The topological polar surface area (TPSA) is 35.8 Å². The zero-order valence-corrected chi connectivity index (χ0v) is 12.7. The standard InChI is InChI=1S/C15H12BrClN2/c1-10-2-5-12(6-3-10)19-15(9-18)11-4-7-13(16)14(17)8-11/h2-8,15,19H,1H3. The number of hydrogen-bond acceptors (Lipinski definition) is 2. The molecule has 4 heteroatoms. The summed E-state index contributed by atoms with van der Waals surface area (Å²) in [6.45, 7) is 2.03. The van der Waals surface area contributed by atoms with Crippen LogP contribution in [0, 0.1) is 18.3 Å². The van der Waals surface area contributed by atoms with Crippen LogP contribution in [0.25, 0.3) is 0 Å². The van der Waals surface area contributed by atoms with Gasteiger partial charge in [0.2, 0.25) is 0 Å². The van der Waals surface area contributed by atoms with Crippen LogP contribution in [-0.2, 0) is 0 Å². The second-order valence-corrected chi connectivity index (χ2v) is 5.51. The molecule has 19 heavy (non-hydrogen) atoms. The minimum Gasteiger partial charge on any atom is -0.366 e. The van der Waals surface area contributed by atoms with Crippen molar-refractivity contribution in [1.82, 2.24) is 0 Å². The Morgan fingerprint density at radius 3 is 2.47 bits per heavy atom. The van der Waals surface area contributed by atoms with Gasteiger partial charge in [0.25, 0.3) is 0 Å². The predicted molar refractivity (Wildman–Crippen MR) is 82.3 cm³/mol. The SMILES string of the molecule is Cc1ccc(NC(C#N)c2ccc(Br)c(Cl)c2)cc1. The lowest BCUT2D eigenvalue weighted by atomic mass is 10.1. The van der Waals surface area contributed by atoms with Crippen LogP contribution in [0.15, 0.2) is 46.9 Å². The van der Waals surface area contributed by atoms with Crippen molar-refractivity contribution >= 4 is 33.2 Å². The van der Waals surface area contributed by atoms with Crippen molar-refractivity contribution in [2.24, 2.45) is 0 Å². The molecule has 0 radical (unpaired) electrons. The van der Waals surface area contributed by atoms with Crippen molar-refractivity contribution < 1.29 is 0 Å². The van der Waals surface area contributed by atoms with Crippen molar-refractivity contribution in [3.8, 4) is 6.07 Å². The van der Waals surface area contributed by atoms with E-state index in [1.54, 1.807) is 6.07 Å². The zero-order valence-electron chi connectivity index (χ0n) is 10.3. The van der Waals surface area contributed by atoms with Crippen LogP contribution in [0.3, 0.4) is 0 Å². The van der Waals surface area contributed by atoms with Crippen LogP contribution in [-0.4, -0.2) is 0 Å². The van der Waals surface area contributed by atoms with E-state index in [2.05, 4.69) is 27.3 Å². The van der Waals surface area contributed by atoms with Crippen molar-refractivity contribution in [3.05, 3.63) is 63.1 Å². The predicted octanol–water partition coefficient (Wildman–Crippen LogP) is 5.09. The number of benzene rings is 2. The first-order valence-corrected chi connectivity index (χ1v) is 6.95. The highest BCUT2D eigenvalue weighted by molar-refractivity contribution is 9.10. The van der Waals surface area contributed by atoms with Crippen LogP contribution < -0.4 is 5.32 Å². The van der Waals surface area contributed by atoms with E-state index in [-0.39, 0.29) is 0 Å². The van der Waals surface area contributed by atoms with E-state index < -0.39 is 6.04 Å². The molecule has 0 aromatic heterocycles. The van der Waals surface area contributed by atoms with Crippen molar-refractivity contribution in [1.29, 1.82) is 5.26 Å². The molecule has 2 aromatic rings. The highest BCUT2D eigenvalue weighted by Crippen LogP contribution is 2.27. The maximum absolute atomic E-state index is 9.29. The van der Waals surface area contributed by atoms with E-state index in [0.717, 1.165) is 15.7 Å². The van der Waals surface area contributed by atoms with E-state index in [4.69, 9.17) is 11.6 Å². The number of rotatable bonds is 3. The fourth-order valence-corrected chi connectivity index (χ4v) is 2.13. The van der Waals surface area contributed by atoms with Crippen LogP contribution >= 0.6 is 27.5 Å². The quantitative estimate of drug-likeness (QED) is 0.848. The molecule has 0 aliphatic carbocycles. The molecule has 0 saturated carbocycles. The Hall–Kier alpha value is -1.50. The Kier molecular flexibility index (Phi) is 4.47. The van der Waals surface area contributed by atoms with Gasteiger partial charge in [-0.3, -0.25) is 0 Å². The van der Waals surface area contributed by atoms with Gasteiger partial charge in [0.15, 0.2) is 0 Å². The second kappa shape index (κ2) is 6.10. The summed E-state index contributed by atoms with van der Waals surface area (Å²) >= 11 is 9.39. The van der Waals surface area contributed by atoms with Crippen molar-refractivity contribution in [2.75, 3.05) is 5.32 Å². The third-order valence-corrected chi connectivity index (χ3v) is 4.00. The van der Waals surface area contributed by atoms with Gasteiger partial charge >= 0.3 is 0 Å². The van der Waals surface area contributed by atoms with Gasteiger partial charge in [0, 0.05) is 10.2 Å². The van der Waals surface area contributed by atoms with Gasteiger partial charge in [0.1, 0.15) is 6.04 Å². The van der Waals surface area contributed by atoms with Crippen molar-refractivity contribution in [2.45, 2.75) is 13.0 Å². The summed E-state index contributed by atoms with van der Waals surface area (Å²) in [5.74, 6) is 0. The maximum atomic E-state index is 9.29. The van der Waals surface area contributed by atoms with Gasteiger partial charge in [-0.05, 0) is 52.7 Å². The number of halogens is 2. The summed E-state index contributed by atoms with van der Waals surface area (Å²) in [5.41, 5.74) is 2.94. The Morgan fingerprint density at radius 2 is 1.89 bits per heavy atom. The smallest absolute Gasteiger partial charge is 0.140 e. The van der Waals surface area contributed by atoms with Crippen LogP contribution in [0.5, 0.6) is 0 Å². The molecule has 0 aliphatic rings. The molecule has 0 heterocycles. The average molecular weight is 336 g/mol. The van der Waals surface area contributed by atoms with E-state index in [9.17, 15) is 5.26 Å². The number of aryl methyl sites for hydroxylation is 1. The average Bonchev–Trinajstić information content (AvgIpc) is 2.41. The monoisotopic (exact) mass is 334 g/mol. The Morgan fingerprint density at radius 1 is 1.21 bits per heavy atom. The number of nitrogens with zero attached hydrogens (tertiary/aromatic N) is 1. The minimum atomic E-state index is -0.423. The van der Waals surface area contributed by atoms with Gasteiger partial charge in [0.05, 0.1) is 11.1 Å². The van der Waals surface area contributed by atoms with Gasteiger partial charge in [-0.25, -0.2) is 0 Å². The molecule has 0 aliphatic heterocycles. The Bertz CT molecular complexity index is 617. The Balaban J connectivity index is 2.23. The molecule has 0 spiro atoms. The molecule has 0 fully saturated rings. The normalized spacial score (nSPS) is 11.7. The van der Waals surface area contributed by atoms with Crippen LogP contribution in [0.4, 0.5) is 5.69 Å². The summed E-state index contributed by atoms with van der Waals surface area (Å²) in [4.78, 5) is 0. The molecule has 2 rings (SSSR count). The minimum absolute atomic E-state index is 0.423. The van der Waals surface area contributed by atoms with E-state index >= 15 is 0 Å². The lowest BCUT2D eigenvalue weighted by molar-refractivity contribution is 0.997. The highest BCUT2D eigenvalue weighted by atomic mass is 79.9. The number of nitriles is 1. The largest absolute Gasteiger partial charge is 0.366 e. The maximum Gasteiger partial charge on any atom is 0.140 e. The molecule has 1 N–H and O–H groups in total. The molecule has 1 unspecified atom stereocenters. The van der Waals surface area contributed by atoms with Crippen LogP contribution in [0.2, 0.25) is 5.02 Å². The highest BCUT2D eigenvalue weighted by Gasteiger charge is 2.11. The van der Waals surface area contributed by atoms with E-state index in [1.165, 1.54) is 5.56 Å². The lowest BCUT2D eigenvalue weighted by Gasteiger charge is -2.14. The molecule has 2 nitrogen and oxygen atoms in total. The molecule has 2 aromatic carbocycles. The molecule has 1 atom stereocenters. The van der Waals surface area contributed by atoms with E-state index in [1.807, 2.05) is 43.3 Å². The number of hydrogen-bond donors (Lipinski definition) is 1. The van der Waals surface area contributed by atoms with Gasteiger partial charge in [-0.15, -0.1) is 0 Å². The summed E-state index contributed by atoms with van der Waals surface area (Å²) in [6.07, 6.45) is 0. The molecular formula is C15H12BrClN2. The van der Waals surface area contributed by atoms with E-state index in [0.29, 0.717) is 5.02 Å². The molecule has 0 saturated heterocycles. The Labute approximate surface area is 126 Å². The van der Waals surface area contributed by atoms with Gasteiger partial charge < -0.3 is 5.32 Å². The van der Waals surface area contributed by atoms with Gasteiger partial charge in [-0.2, -0.15) is 5.26 Å². The van der Waals surface area contributed by atoms with Crippen LogP contribution in [0.1, 0.15) is 17.2 Å². The first-order valence-electron chi connectivity index (χ1n) is 5.78. The zero-order chi connectivity index (χ0) is 13.8. The molecule has 0 amide bonds. The van der Waals surface area contributed by atoms with Crippen molar-refractivity contribution in [3.63, 3.8) is 0 Å². The molecular weight excluding hydrogens is 324 g/mol. The fraction of sp³-hybridized carbons (Fsp3) is 0.133. The second-order valence-electron chi connectivity index (χ2n) is 4.25.